The maximum absolute atomic E-state index is 6.72. The van der Waals surface area contributed by atoms with Crippen LogP contribution in [0.1, 0.15) is 18.9 Å². The van der Waals surface area contributed by atoms with Gasteiger partial charge in [0.1, 0.15) is 0 Å². The number of ether oxygens (including phenoxy) is 1. The average Bonchev–Trinajstić information content (AvgIpc) is 2.85. The first-order valence-electron chi connectivity index (χ1n) is 5.95. The number of benzene rings is 1. The maximum Gasteiger partial charge on any atom is 0.0582 e. The van der Waals surface area contributed by atoms with Gasteiger partial charge in [0.2, 0.25) is 0 Å². The Kier molecular flexibility index (Phi) is 2.31. The molecule has 16 heavy (non-hydrogen) atoms. The van der Waals surface area contributed by atoms with Gasteiger partial charge in [0.15, 0.2) is 0 Å². The molecule has 2 fully saturated rings. The van der Waals surface area contributed by atoms with Crippen LogP contribution >= 0.6 is 11.6 Å². The lowest BCUT2D eigenvalue weighted by Crippen LogP contribution is -2.36. The molecule has 1 aromatic rings. The summed E-state index contributed by atoms with van der Waals surface area (Å²) < 4.78 is 5.69. The third kappa shape index (κ3) is 1.49. The molecule has 1 aliphatic carbocycles. The van der Waals surface area contributed by atoms with Crippen LogP contribution in [0.2, 0.25) is 0 Å². The fourth-order valence-corrected chi connectivity index (χ4v) is 3.50. The summed E-state index contributed by atoms with van der Waals surface area (Å²) in [6.45, 7) is 3.90. The van der Waals surface area contributed by atoms with E-state index in [0.717, 1.165) is 26.1 Å². The largest absolute Gasteiger partial charge is 0.380 e. The second-order valence-electron chi connectivity index (χ2n) is 5.50. The SMILES string of the molecule is C[C@]12COCC(Cc3ccccc3)[C@@]1(Cl)C2. The highest BCUT2D eigenvalue weighted by atomic mass is 35.5. The lowest BCUT2D eigenvalue weighted by Gasteiger charge is -2.31. The van der Waals surface area contributed by atoms with Crippen LogP contribution in [0, 0.1) is 11.3 Å². The molecule has 3 rings (SSSR count). The number of rotatable bonds is 2. The van der Waals surface area contributed by atoms with Crippen LogP contribution in [0.5, 0.6) is 0 Å². The van der Waals surface area contributed by atoms with Crippen molar-refractivity contribution in [2.45, 2.75) is 24.6 Å². The summed E-state index contributed by atoms with van der Waals surface area (Å²) in [4.78, 5) is 0.00108. The van der Waals surface area contributed by atoms with Crippen LogP contribution in [0.4, 0.5) is 0 Å². The van der Waals surface area contributed by atoms with Gasteiger partial charge in [-0.25, -0.2) is 0 Å². The molecule has 2 heteroatoms. The minimum atomic E-state index is 0.00108. The number of fused-ring (bicyclic) bond motifs is 1. The van der Waals surface area contributed by atoms with Crippen molar-refractivity contribution in [3.05, 3.63) is 35.9 Å². The van der Waals surface area contributed by atoms with E-state index in [-0.39, 0.29) is 10.3 Å². The maximum atomic E-state index is 6.72. The van der Waals surface area contributed by atoms with Gasteiger partial charge >= 0.3 is 0 Å². The van der Waals surface area contributed by atoms with Crippen molar-refractivity contribution >= 4 is 11.6 Å². The molecular formula is C14H17ClO. The van der Waals surface area contributed by atoms with Gasteiger partial charge in [-0.1, -0.05) is 37.3 Å². The van der Waals surface area contributed by atoms with Crippen LogP contribution in [0.3, 0.4) is 0 Å². The monoisotopic (exact) mass is 236 g/mol. The first-order chi connectivity index (χ1) is 7.64. The van der Waals surface area contributed by atoms with Crippen LogP contribution < -0.4 is 0 Å². The first-order valence-corrected chi connectivity index (χ1v) is 6.32. The van der Waals surface area contributed by atoms with Gasteiger partial charge in [-0.05, 0) is 18.4 Å². The van der Waals surface area contributed by atoms with Gasteiger partial charge in [-0.15, -0.1) is 11.6 Å². The Bertz CT molecular complexity index is 391. The molecule has 1 unspecified atom stereocenters. The lowest BCUT2D eigenvalue weighted by atomic mass is 9.88. The van der Waals surface area contributed by atoms with E-state index in [1.807, 2.05) is 0 Å². The normalized spacial score (nSPS) is 41.5. The van der Waals surface area contributed by atoms with Crippen molar-refractivity contribution in [3.63, 3.8) is 0 Å². The molecule has 0 N–H and O–H groups in total. The smallest absolute Gasteiger partial charge is 0.0582 e. The van der Waals surface area contributed by atoms with Crippen molar-refractivity contribution in [3.8, 4) is 0 Å². The van der Waals surface area contributed by atoms with Gasteiger partial charge < -0.3 is 4.74 Å². The molecule has 1 saturated heterocycles. The van der Waals surface area contributed by atoms with Crippen LogP contribution in [-0.4, -0.2) is 18.1 Å². The van der Waals surface area contributed by atoms with Gasteiger partial charge in [0, 0.05) is 11.3 Å². The Morgan fingerprint density at radius 2 is 2.12 bits per heavy atom. The molecule has 1 saturated carbocycles. The summed E-state index contributed by atoms with van der Waals surface area (Å²) >= 11 is 6.72. The van der Waals surface area contributed by atoms with E-state index in [4.69, 9.17) is 16.3 Å². The second kappa shape index (κ2) is 3.48. The zero-order valence-corrected chi connectivity index (χ0v) is 10.3. The predicted molar refractivity (Wildman–Crippen MR) is 65.8 cm³/mol. The molecule has 0 amide bonds. The van der Waals surface area contributed by atoms with Crippen molar-refractivity contribution in [1.29, 1.82) is 0 Å². The Labute approximate surface area is 102 Å². The molecule has 1 nitrogen and oxygen atoms in total. The number of alkyl halides is 1. The van der Waals surface area contributed by atoms with Gasteiger partial charge in [-0.2, -0.15) is 0 Å². The highest BCUT2D eigenvalue weighted by molar-refractivity contribution is 6.27. The number of hydrogen-bond donors (Lipinski definition) is 0. The summed E-state index contributed by atoms with van der Waals surface area (Å²) in [7, 11) is 0. The Morgan fingerprint density at radius 3 is 2.88 bits per heavy atom. The molecule has 1 heterocycles. The molecule has 86 valence electrons. The highest BCUT2D eigenvalue weighted by Gasteiger charge is 2.68. The number of halogens is 1. The number of hydrogen-bond acceptors (Lipinski definition) is 1. The zero-order valence-electron chi connectivity index (χ0n) is 9.58. The van der Waals surface area contributed by atoms with E-state index in [1.54, 1.807) is 0 Å². The van der Waals surface area contributed by atoms with E-state index in [0.29, 0.717) is 5.92 Å². The van der Waals surface area contributed by atoms with E-state index >= 15 is 0 Å². The molecule has 0 radical (unpaired) electrons. The summed E-state index contributed by atoms with van der Waals surface area (Å²) in [5.41, 5.74) is 1.60. The van der Waals surface area contributed by atoms with Crippen LogP contribution in [0.25, 0.3) is 0 Å². The van der Waals surface area contributed by atoms with E-state index < -0.39 is 0 Å². The van der Waals surface area contributed by atoms with E-state index in [9.17, 15) is 0 Å². The van der Waals surface area contributed by atoms with E-state index in [1.165, 1.54) is 5.56 Å². The highest BCUT2D eigenvalue weighted by Crippen LogP contribution is 2.67. The fraction of sp³-hybridized carbons (Fsp3) is 0.571. The summed E-state index contributed by atoms with van der Waals surface area (Å²) in [5.74, 6) is 0.468. The standard InChI is InChI=1S/C14H17ClO/c1-13-9-14(13,15)12(8-16-10-13)7-11-5-3-2-4-6-11/h2-6,12H,7-10H2,1H3/t12?,13-,14-/m0/s1. The third-order valence-corrected chi connectivity index (χ3v) is 5.14. The molecule has 2 aliphatic rings. The Balaban J connectivity index is 1.77. The first kappa shape index (κ1) is 10.6. The summed E-state index contributed by atoms with van der Waals surface area (Å²) in [6, 6.07) is 10.6. The van der Waals surface area contributed by atoms with Crippen molar-refractivity contribution in [1.82, 2.24) is 0 Å². The summed E-state index contributed by atoms with van der Waals surface area (Å²) in [6.07, 6.45) is 2.15. The molecule has 3 atom stereocenters. The van der Waals surface area contributed by atoms with Crippen molar-refractivity contribution < 1.29 is 4.74 Å². The van der Waals surface area contributed by atoms with Crippen molar-refractivity contribution in [2.24, 2.45) is 11.3 Å². The van der Waals surface area contributed by atoms with E-state index in [2.05, 4.69) is 37.3 Å². The zero-order chi connectivity index (χ0) is 11.2. The third-order valence-electron chi connectivity index (χ3n) is 4.24. The van der Waals surface area contributed by atoms with Gasteiger partial charge in [-0.3, -0.25) is 0 Å². The average molecular weight is 237 g/mol. The van der Waals surface area contributed by atoms with Crippen molar-refractivity contribution in [2.75, 3.05) is 13.2 Å². The van der Waals surface area contributed by atoms with Crippen LogP contribution in [0.15, 0.2) is 30.3 Å². The Hall–Kier alpha value is -0.530. The summed E-state index contributed by atoms with van der Waals surface area (Å²) in [5, 5.41) is 0. The lowest BCUT2D eigenvalue weighted by molar-refractivity contribution is 0.0228. The minimum Gasteiger partial charge on any atom is -0.380 e. The molecule has 1 aliphatic heterocycles. The fourth-order valence-electron chi connectivity index (χ4n) is 3.01. The molecular weight excluding hydrogens is 220 g/mol. The van der Waals surface area contributed by atoms with Gasteiger partial charge in [0.25, 0.3) is 0 Å². The molecule has 0 spiro atoms. The minimum absolute atomic E-state index is 0.00108. The molecule has 1 aromatic carbocycles. The van der Waals surface area contributed by atoms with Crippen LogP contribution in [-0.2, 0) is 11.2 Å². The molecule has 0 aromatic heterocycles. The molecule has 0 bridgehead atoms. The second-order valence-corrected chi connectivity index (χ2v) is 6.18. The van der Waals surface area contributed by atoms with Gasteiger partial charge in [0.05, 0.1) is 18.1 Å². The predicted octanol–water partition coefficient (Wildman–Crippen LogP) is 3.26. The quantitative estimate of drug-likeness (QED) is 0.717. The topological polar surface area (TPSA) is 9.23 Å². The Morgan fingerprint density at radius 1 is 1.38 bits per heavy atom.